The molecule has 0 amide bonds. The zero-order chi connectivity index (χ0) is 20.2. The number of nitrogens with zero attached hydrogens (tertiary/aromatic N) is 3. The highest BCUT2D eigenvalue weighted by atomic mass is 16.1. The largest absolute Gasteiger partial charge is 0.294 e. The van der Waals surface area contributed by atoms with Crippen LogP contribution in [-0.2, 0) is 0 Å². The number of hydrogen-bond acceptors (Lipinski definition) is 3. The molecule has 0 atom stereocenters. The molecule has 0 spiro atoms. The van der Waals surface area contributed by atoms with Crippen LogP contribution in [0.2, 0.25) is 0 Å². The number of aromatic nitrogens is 3. The van der Waals surface area contributed by atoms with Crippen LogP contribution in [0.15, 0.2) is 42.7 Å². The minimum absolute atomic E-state index is 0.125. The second kappa shape index (κ2) is 11.6. The van der Waals surface area contributed by atoms with Crippen molar-refractivity contribution in [1.82, 2.24) is 14.6 Å². The first-order valence-corrected chi connectivity index (χ1v) is 9.55. The van der Waals surface area contributed by atoms with E-state index in [-0.39, 0.29) is 5.78 Å². The lowest BCUT2D eigenvalue weighted by Gasteiger charge is -2.02. The van der Waals surface area contributed by atoms with Gasteiger partial charge in [0.2, 0.25) is 0 Å². The molecule has 3 aromatic rings. The van der Waals surface area contributed by atoms with Gasteiger partial charge in [-0.1, -0.05) is 59.1 Å². The SMILES string of the molecule is CC.CCC.CCC(=O)c1ccc(C)c(C#Cc2cnc3cccnn23)c1. The van der Waals surface area contributed by atoms with E-state index in [0.29, 0.717) is 12.0 Å². The molecule has 3 rings (SSSR count). The number of carbonyl (C=O) groups is 1. The summed E-state index contributed by atoms with van der Waals surface area (Å²) in [5.74, 6) is 6.33. The summed E-state index contributed by atoms with van der Waals surface area (Å²) in [6, 6.07) is 9.35. The van der Waals surface area contributed by atoms with E-state index < -0.39 is 0 Å². The molecule has 0 saturated heterocycles. The number of rotatable bonds is 2. The van der Waals surface area contributed by atoms with Crippen molar-refractivity contribution in [2.45, 2.75) is 54.4 Å². The fourth-order valence-electron chi connectivity index (χ4n) is 2.18. The van der Waals surface area contributed by atoms with E-state index >= 15 is 0 Å². The molecule has 1 aromatic carbocycles. The molecular weight excluding hydrogens is 334 g/mol. The van der Waals surface area contributed by atoms with Crippen molar-refractivity contribution in [3.05, 3.63) is 65.1 Å². The second-order valence-corrected chi connectivity index (χ2v) is 5.70. The molecule has 0 unspecified atom stereocenters. The monoisotopic (exact) mass is 363 g/mol. The lowest BCUT2D eigenvalue weighted by Crippen LogP contribution is -1.98. The van der Waals surface area contributed by atoms with E-state index in [2.05, 4.69) is 35.8 Å². The van der Waals surface area contributed by atoms with Gasteiger partial charge in [-0.3, -0.25) is 4.79 Å². The van der Waals surface area contributed by atoms with Gasteiger partial charge in [0.1, 0.15) is 5.69 Å². The molecule has 4 nitrogen and oxygen atoms in total. The van der Waals surface area contributed by atoms with Gasteiger partial charge in [-0.25, -0.2) is 9.50 Å². The molecule has 0 fully saturated rings. The first-order chi connectivity index (χ1) is 13.1. The first kappa shape index (κ1) is 22.1. The van der Waals surface area contributed by atoms with Gasteiger partial charge in [-0.15, -0.1) is 0 Å². The lowest BCUT2D eigenvalue weighted by molar-refractivity contribution is 0.0988. The molecule has 0 bridgehead atoms. The van der Waals surface area contributed by atoms with Gasteiger partial charge in [0.05, 0.1) is 6.20 Å². The van der Waals surface area contributed by atoms with Crippen LogP contribution in [0.4, 0.5) is 0 Å². The Morgan fingerprint density at radius 1 is 1.11 bits per heavy atom. The molecule has 2 aromatic heterocycles. The summed E-state index contributed by atoms with van der Waals surface area (Å²) in [6.07, 6.45) is 5.14. The minimum Gasteiger partial charge on any atom is -0.294 e. The normalized spacial score (nSPS) is 9.26. The van der Waals surface area contributed by atoms with E-state index in [1.165, 1.54) is 6.42 Å². The average Bonchev–Trinajstić information content (AvgIpc) is 3.12. The number of hydrogen-bond donors (Lipinski definition) is 0. The van der Waals surface area contributed by atoms with Crippen molar-refractivity contribution in [3.8, 4) is 11.8 Å². The van der Waals surface area contributed by atoms with E-state index in [4.69, 9.17) is 0 Å². The molecule has 0 N–H and O–H groups in total. The van der Waals surface area contributed by atoms with Crippen LogP contribution in [0.3, 0.4) is 0 Å². The molecule has 0 saturated carbocycles. The molecule has 4 heteroatoms. The number of benzene rings is 1. The molecule has 0 aliphatic carbocycles. The summed E-state index contributed by atoms with van der Waals surface area (Å²) < 4.78 is 1.70. The lowest BCUT2D eigenvalue weighted by atomic mass is 10.0. The highest BCUT2D eigenvalue weighted by molar-refractivity contribution is 5.96. The predicted octanol–water partition coefficient (Wildman–Crippen LogP) is 5.47. The highest BCUT2D eigenvalue weighted by Crippen LogP contribution is 2.12. The topological polar surface area (TPSA) is 47.3 Å². The van der Waals surface area contributed by atoms with E-state index in [1.54, 1.807) is 16.9 Å². The van der Waals surface area contributed by atoms with Crippen LogP contribution in [-0.4, -0.2) is 20.4 Å². The fourth-order valence-corrected chi connectivity index (χ4v) is 2.18. The van der Waals surface area contributed by atoms with Crippen molar-refractivity contribution in [1.29, 1.82) is 0 Å². The van der Waals surface area contributed by atoms with Crippen molar-refractivity contribution in [3.63, 3.8) is 0 Å². The van der Waals surface area contributed by atoms with Gasteiger partial charge in [0.25, 0.3) is 0 Å². The summed E-state index contributed by atoms with van der Waals surface area (Å²) >= 11 is 0. The maximum absolute atomic E-state index is 11.8. The van der Waals surface area contributed by atoms with Crippen LogP contribution in [0.25, 0.3) is 5.65 Å². The number of fused-ring (bicyclic) bond motifs is 1. The van der Waals surface area contributed by atoms with E-state index in [1.807, 2.05) is 58.0 Å². The maximum atomic E-state index is 11.8. The quantitative estimate of drug-likeness (QED) is 0.448. The van der Waals surface area contributed by atoms with Crippen LogP contribution in [0.5, 0.6) is 0 Å². The predicted molar refractivity (Wildman–Crippen MR) is 112 cm³/mol. The Morgan fingerprint density at radius 3 is 2.48 bits per heavy atom. The maximum Gasteiger partial charge on any atom is 0.162 e. The Morgan fingerprint density at radius 2 is 1.81 bits per heavy atom. The van der Waals surface area contributed by atoms with Crippen LogP contribution < -0.4 is 0 Å². The molecule has 0 radical (unpaired) electrons. The van der Waals surface area contributed by atoms with E-state index in [0.717, 1.165) is 22.5 Å². The third-order valence-electron chi connectivity index (χ3n) is 3.48. The van der Waals surface area contributed by atoms with Gasteiger partial charge in [0, 0.05) is 23.7 Å². The molecule has 0 aliphatic rings. The van der Waals surface area contributed by atoms with Crippen molar-refractivity contribution < 1.29 is 4.79 Å². The zero-order valence-corrected chi connectivity index (χ0v) is 17.2. The number of aryl methyl sites for hydroxylation is 1. The number of imidazole rings is 1. The molecular formula is C23H29N3O. The Hall–Kier alpha value is -2.93. The zero-order valence-electron chi connectivity index (χ0n) is 17.2. The van der Waals surface area contributed by atoms with Gasteiger partial charge in [-0.2, -0.15) is 5.10 Å². The molecule has 2 heterocycles. The van der Waals surface area contributed by atoms with Crippen LogP contribution in [0.1, 0.15) is 74.6 Å². The van der Waals surface area contributed by atoms with Gasteiger partial charge < -0.3 is 0 Å². The van der Waals surface area contributed by atoms with Crippen molar-refractivity contribution in [2.75, 3.05) is 0 Å². The standard InChI is InChI=1S/C18H15N3O.C3H8.C2H6/c1-3-17(22)15-7-6-13(2)14(11-15)8-9-16-12-19-18-5-4-10-20-21(16)18;1-3-2;1-2/h4-7,10-12H,3H2,1-2H3;3H2,1-2H3;1-2H3. The summed E-state index contributed by atoms with van der Waals surface area (Å²) in [5, 5.41) is 4.23. The van der Waals surface area contributed by atoms with Crippen LogP contribution >= 0.6 is 0 Å². The summed E-state index contributed by atoms with van der Waals surface area (Å²) in [7, 11) is 0. The van der Waals surface area contributed by atoms with Gasteiger partial charge in [-0.05, 0) is 36.6 Å². The summed E-state index contributed by atoms with van der Waals surface area (Å²) in [5.41, 5.74) is 4.08. The Labute approximate surface area is 162 Å². The fraction of sp³-hybridized carbons (Fsp3) is 0.348. The Balaban J connectivity index is 0.000000665. The third-order valence-corrected chi connectivity index (χ3v) is 3.48. The highest BCUT2D eigenvalue weighted by Gasteiger charge is 2.05. The van der Waals surface area contributed by atoms with Gasteiger partial charge >= 0.3 is 0 Å². The summed E-state index contributed by atoms with van der Waals surface area (Å²) in [4.78, 5) is 16.1. The first-order valence-electron chi connectivity index (χ1n) is 9.55. The average molecular weight is 364 g/mol. The molecule has 0 aliphatic heterocycles. The minimum atomic E-state index is 0.125. The van der Waals surface area contributed by atoms with Gasteiger partial charge in [0.15, 0.2) is 11.4 Å². The Kier molecular flexibility index (Phi) is 9.53. The van der Waals surface area contributed by atoms with Crippen molar-refractivity contribution in [2.24, 2.45) is 0 Å². The molecule has 142 valence electrons. The number of Topliss-reactive ketones (excluding diaryl/α,β-unsaturated/α-hetero) is 1. The Bertz CT molecular complexity index is 929. The smallest absolute Gasteiger partial charge is 0.162 e. The van der Waals surface area contributed by atoms with Crippen molar-refractivity contribution >= 4 is 11.4 Å². The number of carbonyl (C=O) groups excluding carboxylic acids is 1. The third kappa shape index (κ3) is 6.07. The van der Waals surface area contributed by atoms with Crippen LogP contribution in [0, 0.1) is 18.8 Å². The van der Waals surface area contributed by atoms with E-state index in [9.17, 15) is 4.79 Å². The second-order valence-electron chi connectivity index (χ2n) is 5.70. The number of ketones is 1. The summed E-state index contributed by atoms with van der Waals surface area (Å²) in [6.45, 7) is 12.1. The molecule has 27 heavy (non-hydrogen) atoms.